The number of aliphatic carboxylic acids is 1. The molecule has 11 N–H and O–H groups in total. The van der Waals surface area contributed by atoms with Gasteiger partial charge in [-0.2, -0.15) is 11.8 Å². The molecule has 0 aliphatic heterocycles. The van der Waals surface area contributed by atoms with Crippen LogP contribution in [-0.4, -0.2) is 111 Å². The number of rotatable bonds is 24. The molecule has 1 saturated carbocycles. The maximum absolute atomic E-state index is 14.4. The van der Waals surface area contributed by atoms with E-state index in [4.69, 9.17) is 5.73 Å². The number of carboxylic acids is 1. The van der Waals surface area contributed by atoms with E-state index in [1.54, 1.807) is 54.9 Å². The minimum absolute atomic E-state index is 0.0128. The first kappa shape index (κ1) is 51.1. The van der Waals surface area contributed by atoms with Gasteiger partial charge in [0, 0.05) is 55.7 Å². The van der Waals surface area contributed by atoms with Crippen LogP contribution in [0.2, 0.25) is 0 Å². The van der Waals surface area contributed by atoms with Crippen LogP contribution in [0.3, 0.4) is 0 Å². The van der Waals surface area contributed by atoms with Gasteiger partial charge in [-0.25, -0.2) is 0 Å². The Balaban J connectivity index is 1.32. The lowest BCUT2D eigenvalue weighted by atomic mass is 9.82. The van der Waals surface area contributed by atoms with Gasteiger partial charge >= 0.3 is 5.97 Å². The van der Waals surface area contributed by atoms with Crippen LogP contribution in [0, 0.1) is 5.92 Å². The molecule has 0 radical (unpaired) electrons. The lowest BCUT2D eigenvalue weighted by Gasteiger charge is -2.33. The quantitative estimate of drug-likeness (QED) is 0.0486. The van der Waals surface area contributed by atoms with Gasteiger partial charge in [-0.1, -0.05) is 73.5 Å². The van der Waals surface area contributed by atoms with Gasteiger partial charge in [0.1, 0.15) is 36.0 Å². The van der Waals surface area contributed by atoms with Crippen LogP contribution in [0.4, 0.5) is 0 Å². The Morgan fingerprint density at radius 1 is 0.701 bits per heavy atom. The molecule has 19 heteroatoms. The minimum Gasteiger partial charge on any atom is -0.508 e. The highest BCUT2D eigenvalue weighted by Gasteiger charge is 2.35. The van der Waals surface area contributed by atoms with Crippen LogP contribution >= 0.6 is 11.8 Å². The van der Waals surface area contributed by atoms with E-state index in [2.05, 4.69) is 36.9 Å². The number of phenols is 1. The molecule has 358 valence electrons. The van der Waals surface area contributed by atoms with Crippen molar-refractivity contribution in [3.05, 3.63) is 102 Å². The van der Waals surface area contributed by atoms with Gasteiger partial charge in [0.05, 0.1) is 6.42 Å². The number of para-hydroxylation sites is 1. The Bertz CT molecular complexity index is 2360. The monoisotopic (exact) mass is 940 g/mol. The normalized spacial score (nSPS) is 16.8. The third-order valence-corrected chi connectivity index (χ3v) is 12.3. The number of carbonyl (C=O) groups excluding carboxylic acids is 7. The lowest BCUT2D eigenvalue weighted by molar-refractivity contribution is -0.141. The lowest BCUT2D eigenvalue weighted by Crippen LogP contribution is -2.59. The van der Waals surface area contributed by atoms with Crippen molar-refractivity contribution in [2.24, 2.45) is 11.7 Å². The number of benzene rings is 3. The molecule has 3 aromatic carbocycles. The average molecular weight is 941 g/mol. The highest BCUT2D eigenvalue weighted by Crippen LogP contribution is 2.28. The molecule has 1 heterocycles. The van der Waals surface area contributed by atoms with Crippen LogP contribution in [0.1, 0.15) is 68.6 Å². The largest absolute Gasteiger partial charge is 0.508 e. The summed E-state index contributed by atoms with van der Waals surface area (Å²) in [5.74, 6) is -5.99. The van der Waals surface area contributed by atoms with E-state index in [1.165, 1.54) is 30.8 Å². The second-order valence-corrected chi connectivity index (χ2v) is 17.8. The van der Waals surface area contributed by atoms with Crippen molar-refractivity contribution in [2.75, 3.05) is 12.0 Å². The van der Waals surface area contributed by atoms with Gasteiger partial charge in [-0.3, -0.25) is 38.4 Å². The fourth-order valence-electron chi connectivity index (χ4n) is 8.25. The number of thioether (sulfide) groups is 1. The number of fused-ring (bicyclic) bond motifs is 1. The van der Waals surface area contributed by atoms with Gasteiger partial charge in [0.25, 0.3) is 0 Å². The fourth-order valence-corrected chi connectivity index (χ4v) is 8.72. The van der Waals surface area contributed by atoms with E-state index in [-0.39, 0.29) is 43.8 Å². The highest BCUT2D eigenvalue weighted by molar-refractivity contribution is 7.98. The molecular weight excluding hydrogens is 881 g/mol. The molecular formula is C48H60N8O10S. The summed E-state index contributed by atoms with van der Waals surface area (Å²) in [6.07, 6.45) is 5.69. The number of carboxylic acid groups (broad SMARTS) is 1. The third kappa shape index (κ3) is 15.9. The predicted octanol–water partition coefficient (Wildman–Crippen LogP) is 2.12. The summed E-state index contributed by atoms with van der Waals surface area (Å²) in [5.41, 5.74) is 8.50. The van der Waals surface area contributed by atoms with Crippen molar-refractivity contribution < 1.29 is 48.6 Å². The summed E-state index contributed by atoms with van der Waals surface area (Å²) in [7, 11) is 0. The molecule has 1 aliphatic carbocycles. The Kier molecular flexibility index (Phi) is 19.2. The Morgan fingerprint density at radius 3 is 1.99 bits per heavy atom. The van der Waals surface area contributed by atoms with Gasteiger partial charge in [0.2, 0.25) is 41.4 Å². The van der Waals surface area contributed by atoms with Crippen molar-refractivity contribution in [2.45, 2.75) is 107 Å². The molecule has 0 spiro atoms. The number of amides is 7. The summed E-state index contributed by atoms with van der Waals surface area (Å²) in [6, 6.07) is 15.8. The van der Waals surface area contributed by atoms with E-state index >= 15 is 0 Å². The van der Waals surface area contributed by atoms with E-state index in [0.717, 1.165) is 29.3 Å². The van der Waals surface area contributed by atoms with Crippen LogP contribution in [-0.2, 0) is 57.6 Å². The zero-order chi connectivity index (χ0) is 48.5. The number of nitrogens with one attached hydrogen (secondary N) is 7. The zero-order valence-corrected chi connectivity index (χ0v) is 38.4. The summed E-state index contributed by atoms with van der Waals surface area (Å²) in [4.78, 5) is 109. The maximum atomic E-state index is 14.4. The molecule has 18 nitrogen and oxygen atoms in total. The molecule has 0 unspecified atom stereocenters. The molecule has 1 aromatic heterocycles. The van der Waals surface area contributed by atoms with Crippen molar-refractivity contribution in [3.63, 3.8) is 0 Å². The summed E-state index contributed by atoms with van der Waals surface area (Å²) >= 11 is 1.39. The Hall–Kier alpha value is -6.89. The molecule has 1 aliphatic rings. The van der Waals surface area contributed by atoms with Gasteiger partial charge in [-0.05, 0) is 72.1 Å². The number of nitrogens with two attached hydrogens (primary N) is 1. The SMILES string of the molecule is CSCC[C@H](NC(=O)[C@H](Cc1c[nH]c2ccccc12)NC(=O)C[C@H]1CCCC[C@@H]1NC(=O)[C@H](Cc1ccc(O)cc1)NC(C)=O)C(=O)N[C@@H](CC(=O)O)C(=O)N[C@@H](Cc1ccccc1)C(N)=O. The van der Waals surface area contributed by atoms with Gasteiger partial charge in [-0.15, -0.1) is 0 Å². The van der Waals surface area contributed by atoms with E-state index < -0.39 is 90.0 Å². The number of carbonyl (C=O) groups is 8. The second-order valence-electron chi connectivity index (χ2n) is 16.8. The molecule has 7 amide bonds. The van der Waals surface area contributed by atoms with Crippen LogP contribution in [0.15, 0.2) is 85.1 Å². The first-order chi connectivity index (χ1) is 32.1. The molecule has 4 aromatic rings. The summed E-state index contributed by atoms with van der Waals surface area (Å²) in [6.45, 7) is 1.32. The highest BCUT2D eigenvalue weighted by atomic mass is 32.2. The molecule has 1 fully saturated rings. The van der Waals surface area contributed by atoms with Crippen molar-refractivity contribution in [1.29, 1.82) is 0 Å². The number of aromatic hydroxyl groups is 1. The van der Waals surface area contributed by atoms with Gasteiger partial charge in [0.15, 0.2) is 0 Å². The number of aromatic amines is 1. The molecule has 0 bridgehead atoms. The third-order valence-electron chi connectivity index (χ3n) is 11.7. The standard InChI is InChI=1S/C48H60N8O10S/c1-28(57)51-39(23-30-16-18-33(58)19-17-30)46(64)53-35-14-8-6-12-31(35)25-42(59)52-40(24-32-27-50-36-15-9-7-13-34(32)36)47(65)54-37(20-21-67-2)45(63)56-41(26-43(60)61)48(66)55-38(44(49)62)22-29-10-4-3-5-11-29/h3-5,7,9-11,13,15-19,27,31,35,37-41,50,58H,6,8,12,14,20-26H2,1-2H3,(H2,49,62)(H,51,57)(H,52,59)(H,53,64)(H,54,65)(H,55,66)(H,56,63)(H,60,61)/t31-,35+,37+,38+,39+,40+,41+/m1/s1. The number of primary amides is 1. The van der Waals surface area contributed by atoms with Crippen LogP contribution in [0.5, 0.6) is 5.75 Å². The molecule has 0 saturated heterocycles. The average Bonchev–Trinajstić information content (AvgIpc) is 3.70. The van der Waals surface area contributed by atoms with E-state index in [0.29, 0.717) is 29.7 Å². The number of hydrogen-bond donors (Lipinski definition) is 10. The van der Waals surface area contributed by atoms with Gasteiger partial charge < -0.3 is 52.8 Å². The molecule has 67 heavy (non-hydrogen) atoms. The molecule has 7 atom stereocenters. The smallest absolute Gasteiger partial charge is 0.305 e. The molecule has 5 rings (SSSR count). The van der Waals surface area contributed by atoms with Crippen LogP contribution in [0.25, 0.3) is 10.9 Å². The second kappa shape index (κ2) is 25.1. The first-order valence-corrected chi connectivity index (χ1v) is 23.6. The van der Waals surface area contributed by atoms with Crippen molar-refractivity contribution in [3.8, 4) is 5.75 Å². The Labute approximate surface area is 392 Å². The zero-order valence-electron chi connectivity index (χ0n) is 37.5. The number of H-pyrrole nitrogens is 1. The summed E-state index contributed by atoms with van der Waals surface area (Å²) in [5, 5.41) is 36.6. The summed E-state index contributed by atoms with van der Waals surface area (Å²) < 4.78 is 0. The van der Waals surface area contributed by atoms with Crippen molar-refractivity contribution >= 4 is 70.0 Å². The van der Waals surface area contributed by atoms with E-state index in [1.807, 2.05) is 24.3 Å². The number of hydrogen-bond acceptors (Lipinski definition) is 10. The van der Waals surface area contributed by atoms with E-state index in [9.17, 15) is 48.6 Å². The number of phenolic OH excluding ortho intramolecular Hbond substituents is 1. The predicted molar refractivity (Wildman–Crippen MR) is 252 cm³/mol. The van der Waals surface area contributed by atoms with Crippen LogP contribution < -0.4 is 37.6 Å². The maximum Gasteiger partial charge on any atom is 0.305 e. The first-order valence-electron chi connectivity index (χ1n) is 22.2. The fraction of sp³-hybridized carbons (Fsp3) is 0.417. The topological polar surface area (TPSA) is 291 Å². The number of aromatic nitrogens is 1. The van der Waals surface area contributed by atoms with Crippen molar-refractivity contribution in [1.82, 2.24) is 36.9 Å². The minimum atomic E-state index is -1.65. The Morgan fingerprint density at radius 2 is 1.30 bits per heavy atom.